The van der Waals surface area contributed by atoms with Gasteiger partial charge in [-0.05, 0) is 0 Å². The van der Waals surface area contributed by atoms with Crippen LogP contribution in [0.25, 0.3) is 0 Å². The molecule has 0 radical (unpaired) electrons. The van der Waals surface area contributed by atoms with Crippen LogP contribution in [0.2, 0.25) is 0 Å². The first-order valence-electron chi connectivity index (χ1n) is 4.72. The lowest BCUT2D eigenvalue weighted by Crippen LogP contribution is -2.40. The molecule has 2 heterocycles. The van der Waals surface area contributed by atoms with Crippen LogP contribution in [-0.4, -0.2) is 46.3 Å². The zero-order valence-electron chi connectivity index (χ0n) is 8.20. The zero-order chi connectivity index (χ0) is 10.9. The van der Waals surface area contributed by atoms with Gasteiger partial charge in [0.1, 0.15) is 5.82 Å². The summed E-state index contributed by atoms with van der Waals surface area (Å²) in [5.41, 5.74) is 0. The molecule has 1 aliphatic heterocycles. The van der Waals surface area contributed by atoms with E-state index in [0.29, 0.717) is 19.6 Å². The number of rotatable bonds is 3. The summed E-state index contributed by atoms with van der Waals surface area (Å²) in [4.78, 5) is 4.07. The van der Waals surface area contributed by atoms with Gasteiger partial charge in [-0.3, -0.25) is 0 Å². The summed E-state index contributed by atoms with van der Waals surface area (Å²) >= 11 is 0. The van der Waals surface area contributed by atoms with E-state index in [4.69, 9.17) is 5.11 Å². The first-order valence-corrected chi connectivity index (χ1v) is 6.33. The van der Waals surface area contributed by atoms with Gasteiger partial charge < -0.3 is 9.67 Å². The molecule has 0 bridgehead atoms. The van der Waals surface area contributed by atoms with Crippen LogP contribution in [0.15, 0.2) is 12.4 Å². The van der Waals surface area contributed by atoms with Crippen molar-refractivity contribution >= 4 is 10.0 Å². The monoisotopic (exact) mass is 231 g/mol. The van der Waals surface area contributed by atoms with E-state index in [-0.39, 0.29) is 12.4 Å². The molecule has 0 aliphatic carbocycles. The smallest absolute Gasteiger partial charge is 0.216 e. The van der Waals surface area contributed by atoms with Crippen molar-refractivity contribution in [3.63, 3.8) is 0 Å². The number of aliphatic hydroxyl groups excluding tert-OH is 1. The Morgan fingerprint density at radius 3 is 3.00 bits per heavy atom. The van der Waals surface area contributed by atoms with E-state index in [9.17, 15) is 8.42 Å². The second-order valence-corrected chi connectivity index (χ2v) is 5.50. The molecule has 0 unspecified atom stereocenters. The Kier molecular flexibility index (Phi) is 2.76. The minimum absolute atomic E-state index is 0.215. The molecule has 0 fully saturated rings. The molecule has 0 spiro atoms. The number of hydrogen-bond acceptors (Lipinski definition) is 4. The molecule has 2 rings (SSSR count). The predicted molar refractivity (Wildman–Crippen MR) is 53.5 cm³/mol. The third-order valence-corrected chi connectivity index (χ3v) is 4.25. The van der Waals surface area contributed by atoms with Crippen LogP contribution in [0.4, 0.5) is 0 Å². The Balaban J connectivity index is 2.16. The first-order chi connectivity index (χ1) is 7.13. The molecule has 15 heavy (non-hydrogen) atoms. The molecule has 0 saturated heterocycles. The maximum Gasteiger partial charge on any atom is 0.216 e. The van der Waals surface area contributed by atoms with Gasteiger partial charge in [-0.1, -0.05) is 0 Å². The van der Waals surface area contributed by atoms with Crippen molar-refractivity contribution in [2.45, 2.75) is 13.1 Å². The Hall–Kier alpha value is -0.920. The normalized spacial score (nSPS) is 17.7. The molecule has 1 N–H and O–H groups in total. The standard InChI is InChI=1S/C8H13N3O3S/c12-5-6-15(13,14)11-4-3-10-2-1-9-8(10)7-11/h1-2,12H,3-7H2. The molecule has 1 aliphatic rings. The highest BCUT2D eigenvalue weighted by molar-refractivity contribution is 7.89. The third-order valence-electron chi connectivity index (χ3n) is 2.45. The molecule has 0 amide bonds. The molecular weight excluding hydrogens is 218 g/mol. The Morgan fingerprint density at radius 2 is 2.27 bits per heavy atom. The van der Waals surface area contributed by atoms with Gasteiger partial charge in [0, 0.05) is 25.5 Å². The highest BCUT2D eigenvalue weighted by Gasteiger charge is 2.26. The summed E-state index contributed by atoms with van der Waals surface area (Å²) < 4.78 is 26.6. The Bertz CT molecular complexity index is 440. The first kappa shape index (κ1) is 10.6. The molecule has 0 aromatic carbocycles. The van der Waals surface area contributed by atoms with Crippen LogP contribution in [0.3, 0.4) is 0 Å². The lowest BCUT2D eigenvalue weighted by Gasteiger charge is -2.26. The van der Waals surface area contributed by atoms with Crippen LogP contribution < -0.4 is 0 Å². The van der Waals surface area contributed by atoms with Crippen molar-refractivity contribution < 1.29 is 13.5 Å². The second kappa shape index (κ2) is 3.92. The van der Waals surface area contributed by atoms with Crippen LogP contribution in [0, 0.1) is 0 Å². The molecular formula is C8H13N3O3S. The van der Waals surface area contributed by atoms with Gasteiger partial charge in [0.05, 0.1) is 18.9 Å². The van der Waals surface area contributed by atoms with Gasteiger partial charge in [0.15, 0.2) is 0 Å². The van der Waals surface area contributed by atoms with Crippen molar-refractivity contribution in [1.29, 1.82) is 0 Å². The van der Waals surface area contributed by atoms with E-state index in [0.717, 1.165) is 5.82 Å². The summed E-state index contributed by atoms with van der Waals surface area (Å²) in [5, 5.41) is 8.66. The summed E-state index contributed by atoms with van der Waals surface area (Å²) in [7, 11) is -3.32. The highest BCUT2D eigenvalue weighted by atomic mass is 32.2. The van der Waals surface area contributed by atoms with E-state index in [1.807, 2.05) is 10.8 Å². The maximum absolute atomic E-state index is 11.6. The SMILES string of the molecule is O=S(=O)(CCO)N1CCn2ccnc2C1. The third kappa shape index (κ3) is 2.04. The number of hydrogen-bond donors (Lipinski definition) is 1. The molecule has 6 nitrogen and oxygen atoms in total. The fraction of sp³-hybridized carbons (Fsp3) is 0.625. The van der Waals surface area contributed by atoms with Crippen molar-refractivity contribution in [3.8, 4) is 0 Å². The molecule has 84 valence electrons. The summed E-state index contributed by atoms with van der Waals surface area (Å²) in [6.07, 6.45) is 3.50. The van der Waals surface area contributed by atoms with Crippen LogP contribution in [0.1, 0.15) is 5.82 Å². The number of sulfonamides is 1. The lowest BCUT2D eigenvalue weighted by atomic mass is 10.4. The number of aliphatic hydroxyl groups is 1. The number of aromatic nitrogens is 2. The average molecular weight is 231 g/mol. The molecule has 1 aromatic heterocycles. The minimum Gasteiger partial charge on any atom is -0.395 e. The molecule has 7 heteroatoms. The van der Waals surface area contributed by atoms with Crippen molar-refractivity contribution in [3.05, 3.63) is 18.2 Å². The van der Waals surface area contributed by atoms with Gasteiger partial charge >= 0.3 is 0 Å². The largest absolute Gasteiger partial charge is 0.395 e. The van der Waals surface area contributed by atoms with Gasteiger partial charge in [-0.2, -0.15) is 4.31 Å². The molecule has 0 saturated carbocycles. The summed E-state index contributed by atoms with van der Waals surface area (Å²) in [5.74, 6) is 0.538. The fourth-order valence-corrected chi connectivity index (χ4v) is 2.79. The zero-order valence-corrected chi connectivity index (χ0v) is 9.02. The van der Waals surface area contributed by atoms with Crippen LogP contribution >= 0.6 is 0 Å². The number of nitrogens with zero attached hydrogens (tertiary/aromatic N) is 3. The van der Waals surface area contributed by atoms with Crippen molar-refractivity contribution in [2.75, 3.05) is 18.9 Å². The fourth-order valence-electron chi connectivity index (χ4n) is 1.63. The van der Waals surface area contributed by atoms with E-state index in [1.165, 1.54) is 4.31 Å². The Morgan fingerprint density at radius 1 is 1.47 bits per heavy atom. The van der Waals surface area contributed by atoms with E-state index in [1.54, 1.807) is 6.20 Å². The topological polar surface area (TPSA) is 75.4 Å². The minimum atomic E-state index is -3.32. The number of fused-ring (bicyclic) bond motifs is 1. The van der Waals surface area contributed by atoms with Gasteiger partial charge in [0.25, 0.3) is 0 Å². The molecule has 0 atom stereocenters. The summed E-state index contributed by atoms with van der Waals surface area (Å²) in [6.45, 7) is 1.04. The number of imidazole rings is 1. The van der Waals surface area contributed by atoms with Crippen LogP contribution in [0.5, 0.6) is 0 Å². The van der Waals surface area contributed by atoms with Crippen LogP contribution in [-0.2, 0) is 23.1 Å². The quantitative estimate of drug-likeness (QED) is 0.725. The lowest BCUT2D eigenvalue weighted by molar-refractivity contribution is 0.304. The highest BCUT2D eigenvalue weighted by Crippen LogP contribution is 2.14. The van der Waals surface area contributed by atoms with Gasteiger partial charge in [-0.25, -0.2) is 13.4 Å². The molecule has 1 aromatic rings. The summed E-state index contributed by atoms with van der Waals surface area (Å²) in [6, 6.07) is 0. The maximum atomic E-state index is 11.6. The average Bonchev–Trinajstić information content (AvgIpc) is 2.63. The predicted octanol–water partition coefficient (Wildman–Crippen LogP) is -0.979. The van der Waals surface area contributed by atoms with E-state index < -0.39 is 10.0 Å². The van der Waals surface area contributed by atoms with Crippen molar-refractivity contribution in [2.24, 2.45) is 0 Å². The van der Waals surface area contributed by atoms with Crippen molar-refractivity contribution in [1.82, 2.24) is 13.9 Å². The van der Waals surface area contributed by atoms with Gasteiger partial charge in [-0.15, -0.1) is 0 Å². The van der Waals surface area contributed by atoms with Gasteiger partial charge in [0.2, 0.25) is 10.0 Å². The second-order valence-electron chi connectivity index (χ2n) is 3.41. The van der Waals surface area contributed by atoms with E-state index >= 15 is 0 Å². The Labute approximate surface area is 88.2 Å². The van der Waals surface area contributed by atoms with E-state index in [2.05, 4.69) is 4.98 Å².